The molecule has 0 saturated heterocycles. The maximum Gasteiger partial charge on any atom is 0.136 e. The van der Waals surface area contributed by atoms with Gasteiger partial charge in [0.25, 0.3) is 0 Å². The van der Waals surface area contributed by atoms with Crippen LogP contribution in [0.5, 0.6) is 0 Å². The Kier molecular flexibility index (Phi) is 7.92. The minimum Gasteiger partial charge on any atom is -0.456 e. The zero-order valence-corrected chi connectivity index (χ0v) is 37.4. The Morgan fingerprint density at radius 1 is 0.358 bits per heavy atom. The molecule has 0 amide bonds. The van der Waals surface area contributed by atoms with E-state index in [1.165, 1.54) is 88.0 Å². The van der Waals surface area contributed by atoms with E-state index in [0.29, 0.717) is 11.8 Å². The summed E-state index contributed by atoms with van der Waals surface area (Å²) in [5, 5.41) is 2.31. The van der Waals surface area contributed by atoms with E-state index in [2.05, 4.69) is 211 Å². The molecule has 320 valence electrons. The SMILES string of the molecule is c1ccc(-c2ccccc2N(c2ccc(-c3ccc4c(c3)oc3ccccc34)cc2)c2ccc3c(c2)C2(c4ccccc4C34c3ccccc3-c3ccccc34)C3CC4CC(C3)CC2C4)cc1. The molecule has 2 nitrogen and oxygen atoms in total. The quantitative estimate of drug-likeness (QED) is 0.171. The van der Waals surface area contributed by atoms with Crippen molar-refractivity contribution in [1.82, 2.24) is 0 Å². The van der Waals surface area contributed by atoms with Crippen LogP contribution < -0.4 is 4.90 Å². The predicted molar refractivity (Wildman–Crippen MR) is 274 cm³/mol. The number of anilines is 3. The van der Waals surface area contributed by atoms with Crippen LogP contribution in [0.2, 0.25) is 0 Å². The molecule has 1 heterocycles. The first-order valence-electron chi connectivity index (χ1n) is 24.6. The summed E-state index contributed by atoms with van der Waals surface area (Å²) >= 11 is 0. The first kappa shape index (κ1) is 37.8. The molecule has 0 aliphatic heterocycles. The summed E-state index contributed by atoms with van der Waals surface area (Å²) in [5.41, 5.74) is 21.3. The van der Waals surface area contributed by atoms with E-state index >= 15 is 0 Å². The molecule has 0 atom stereocenters. The van der Waals surface area contributed by atoms with Crippen molar-refractivity contribution in [3.05, 3.63) is 246 Å². The fraction of sp³-hybridized carbons (Fsp3) is 0.169. The zero-order chi connectivity index (χ0) is 43.8. The lowest BCUT2D eigenvalue weighted by molar-refractivity contribution is -0.0440. The summed E-state index contributed by atoms with van der Waals surface area (Å²) in [7, 11) is 0. The fourth-order valence-electron chi connectivity index (χ4n) is 15.1. The molecule has 10 aromatic rings. The van der Waals surface area contributed by atoms with Gasteiger partial charge in [-0.05, 0) is 166 Å². The normalized spacial score (nSPS) is 22.2. The molecule has 16 rings (SSSR count). The highest BCUT2D eigenvalue weighted by Crippen LogP contribution is 2.71. The number of para-hydroxylation sites is 2. The van der Waals surface area contributed by atoms with Gasteiger partial charge in [0.1, 0.15) is 11.2 Å². The molecular weight excluding hydrogens is 811 g/mol. The van der Waals surface area contributed by atoms with Gasteiger partial charge in [-0.2, -0.15) is 0 Å². The molecule has 0 radical (unpaired) electrons. The predicted octanol–water partition coefficient (Wildman–Crippen LogP) is 16.8. The van der Waals surface area contributed by atoms with E-state index in [4.69, 9.17) is 4.42 Å². The second-order valence-corrected chi connectivity index (χ2v) is 20.4. The van der Waals surface area contributed by atoms with Gasteiger partial charge >= 0.3 is 0 Å². The van der Waals surface area contributed by atoms with Gasteiger partial charge < -0.3 is 9.32 Å². The molecule has 9 aromatic carbocycles. The van der Waals surface area contributed by atoms with Gasteiger partial charge in [0, 0.05) is 33.1 Å². The molecule has 6 aliphatic carbocycles. The van der Waals surface area contributed by atoms with Gasteiger partial charge in [-0.15, -0.1) is 0 Å². The van der Waals surface area contributed by atoms with Gasteiger partial charge in [0.2, 0.25) is 0 Å². The second-order valence-electron chi connectivity index (χ2n) is 20.4. The third-order valence-electron chi connectivity index (χ3n) is 17.3. The van der Waals surface area contributed by atoms with Gasteiger partial charge in [-0.25, -0.2) is 0 Å². The average molecular weight is 860 g/mol. The Morgan fingerprint density at radius 2 is 0.910 bits per heavy atom. The summed E-state index contributed by atoms with van der Waals surface area (Å²) < 4.78 is 6.36. The lowest BCUT2D eigenvalue weighted by atomic mass is 9.38. The van der Waals surface area contributed by atoms with E-state index < -0.39 is 5.41 Å². The standard InChI is InChI=1S/C65H49NO/c1-2-14-44(15-3-1)50-16-6-12-24-61(50)66(48-29-26-43(27-30-48)45-28-32-54-53-19-7-13-25-62(53)67-63(54)39-45)49-31-33-59-60(40-49)64(46-35-41-34-42(37-46)38-47(64)36-41)57-22-10-11-23-58(57)65(59)55-20-8-4-17-51(55)52-18-5-9-21-56(52)65/h1-33,39-42,46-47H,34-38H2. The summed E-state index contributed by atoms with van der Waals surface area (Å²) in [6.45, 7) is 0. The summed E-state index contributed by atoms with van der Waals surface area (Å²) in [6.07, 6.45) is 6.73. The Labute approximate surface area is 392 Å². The molecule has 2 spiro atoms. The molecule has 6 aliphatic rings. The molecule has 0 N–H and O–H groups in total. The minimum atomic E-state index is -0.424. The lowest BCUT2D eigenvalue weighted by Crippen LogP contribution is -2.59. The number of benzene rings is 9. The van der Waals surface area contributed by atoms with E-state index in [-0.39, 0.29) is 5.41 Å². The first-order valence-corrected chi connectivity index (χ1v) is 24.6. The van der Waals surface area contributed by atoms with Gasteiger partial charge in [-0.1, -0.05) is 164 Å². The Morgan fingerprint density at radius 3 is 1.64 bits per heavy atom. The molecule has 0 unspecified atom stereocenters. The highest BCUT2D eigenvalue weighted by atomic mass is 16.3. The molecule has 4 saturated carbocycles. The van der Waals surface area contributed by atoms with Crippen molar-refractivity contribution < 1.29 is 4.42 Å². The first-order chi connectivity index (χ1) is 33.2. The van der Waals surface area contributed by atoms with Crippen LogP contribution in [0.4, 0.5) is 17.1 Å². The van der Waals surface area contributed by atoms with E-state index in [9.17, 15) is 0 Å². The number of hydrogen-bond donors (Lipinski definition) is 0. The summed E-state index contributed by atoms with van der Waals surface area (Å²) in [6, 6.07) is 80.4. The van der Waals surface area contributed by atoms with E-state index in [1.54, 1.807) is 11.1 Å². The average Bonchev–Trinajstić information content (AvgIpc) is 3.90. The molecular formula is C65H49NO. The second kappa shape index (κ2) is 14.0. The number of nitrogens with zero attached hydrogens (tertiary/aromatic N) is 1. The van der Waals surface area contributed by atoms with E-state index in [0.717, 1.165) is 50.6 Å². The van der Waals surface area contributed by atoms with E-state index in [1.807, 2.05) is 6.07 Å². The lowest BCUT2D eigenvalue weighted by Gasteiger charge is -2.65. The Bertz CT molecular complexity index is 3540. The fourth-order valence-corrected chi connectivity index (χ4v) is 15.1. The summed E-state index contributed by atoms with van der Waals surface area (Å²) in [4.78, 5) is 2.56. The number of fused-ring (bicyclic) bond motifs is 12. The Hall–Kier alpha value is -7.42. The van der Waals surface area contributed by atoms with Crippen LogP contribution in [0.3, 0.4) is 0 Å². The third-order valence-corrected chi connectivity index (χ3v) is 17.3. The van der Waals surface area contributed by atoms with Crippen molar-refractivity contribution in [2.45, 2.75) is 42.9 Å². The molecule has 1 aromatic heterocycles. The van der Waals surface area contributed by atoms with Crippen molar-refractivity contribution >= 4 is 39.0 Å². The number of furan rings is 1. The smallest absolute Gasteiger partial charge is 0.136 e. The molecule has 2 heteroatoms. The molecule has 4 bridgehead atoms. The highest BCUT2D eigenvalue weighted by molar-refractivity contribution is 6.06. The topological polar surface area (TPSA) is 16.4 Å². The molecule has 4 fully saturated rings. The maximum absolute atomic E-state index is 6.36. The van der Waals surface area contributed by atoms with Crippen LogP contribution in [0.1, 0.15) is 65.5 Å². The zero-order valence-electron chi connectivity index (χ0n) is 37.4. The monoisotopic (exact) mass is 859 g/mol. The van der Waals surface area contributed by atoms with Crippen LogP contribution in [-0.4, -0.2) is 0 Å². The van der Waals surface area contributed by atoms with Crippen LogP contribution in [0.25, 0.3) is 55.3 Å². The van der Waals surface area contributed by atoms with Crippen molar-refractivity contribution in [3.63, 3.8) is 0 Å². The van der Waals surface area contributed by atoms with Crippen molar-refractivity contribution in [3.8, 4) is 33.4 Å². The summed E-state index contributed by atoms with van der Waals surface area (Å²) in [5.74, 6) is 2.90. The van der Waals surface area contributed by atoms with Gasteiger partial charge in [0.05, 0.1) is 11.1 Å². The van der Waals surface area contributed by atoms with Crippen LogP contribution >= 0.6 is 0 Å². The minimum absolute atomic E-state index is 0.0726. The van der Waals surface area contributed by atoms with Crippen molar-refractivity contribution in [1.29, 1.82) is 0 Å². The molecule has 67 heavy (non-hydrogen) atoms. The largest absolute Gasteiger partial charge is 0.456 e. The van der Waals surface area contributed by atoms with Crippen molar-refractivity contribution in [2.75, 3.05) is 4.90 Å². The van der Waals surface area contributed by atoms with Gasteiger partial charge in [-0.3, -0.25) is 0 Å². The van der Waals surface area contributed by atoms with Crippen molar-refractivity contribution in [2.24, 2.45) is 23.7 Å². The highest BCUT2D eigenvalue weighted by Gasteiger charge is 2.64. The third kappa shape index (κ3) is 5.11. The maximum atomic E-state index is 6.36. The number of rotatable bonds is 5. The number of hydrogen-bond acceptors (Lipinski definition) is 2. The van der Waals surface area contributed by atoms with Crippen LogP contribution in [-0.2, 0) is 10.8 Å². The van der Waals surface area contributed by atoms with Gasteiger partial charge in [0.15, 0.2) is 0 Å². The van der Waals surface area contributed by atoms with Crippen LogP contribution in [0, 0.1) is 23.7 Å². The Balaban J connectivity index is 0.978. The van der Waals surface area contributed by atoms with Crippen LogP contribution in [0.15, 0.2) is 217 Å².